The van der Waals surface area contributed by atoms with Crippen LogP contribution < -0.4 is 16.8 Å². The van der Waals surface area contributed by atoms with E-state index >= 15 is 0 Å². The van der Waals surface area contributed by atoms with Crippen LogP contribution in [-0.2, 0) is 5.75 Å². The van der Waals surface area contributed by atoms with E-state index in [1.54, 1.807) is 36.4 Å². The molecular weight excluding hydrogens is 374 g/mol. The fourth-order valence-corrected chi connectivity index (χ4v) is 3.25. The van der Waals surface area contributed by atoms with Crippen LogP contribution in [0.15, 0.2) is 59.8 Å². The number of rotatable bonds is 6. The maximum Gasteiger partial charge on any atom is 0.255 e. The number of Topliss-reactive ketones (excluding diaryl/α,β-unsaturated/α-hetero) is 1. The number of ketones is 1. The van der Waals surface area contributed by atoms with Crippen molar-refractivity contribution in [3.8, 4) is 0 Å². The Kier molecular flexibility index (Phi) is 5.90. The van der Waals surface area contributed by atoms with Crippen molar-refractivity contribution < 1.29 is 9.59 Å². The van der Waals surface area contributed by atoms with Gasteiger partial charge in [0.1, 0.15) is 11.6 Å². The Labute approximate surface area is 166 Å². The summed E-state index contributed by atoms with van der Waals surface area (Å²) in [6.45, 7) is 1.50. The van der Waals surface area contributed by atoms with E-state index in [9.17, 15) is 9.59 Å². The highest BCUT2D eigenvalue weighted by Crippen LogP contribution is 2.21. The first-order chi connectivity index (χ1) is 13.4. The number of nitrogen functional groups attached to an aromatic ring is 2. The molecule has 2 aromatic carbocycles. The molecular formula is C20H19N5O2S. The normalized spacial score (nSPS) is 10.5. The van der Waals surface area contributed by atoms with Gasteiger partial charge in [0.05, 0.1) is 0 Å². The second-order valence-corrected chi connectivity index (χ2v) is 7.02. The molecule has 3 aromatic rings. The Hall–Kier alpha value is -3.39. The Bertz CT molecular complexity index is 984. The maximum absolute atomic E-state index is 12.4. The van der Waals surface area contributed by atoms with Gasteiger partial charge in [-0.2, -0.15) is 0 Å². The average molecular weight is 393 g/mol. The van der Waals surface area contributed by atoms with Crippen LogP contribution in [0.4, 0.5) is 17.3 Å². The third-order valence-electron chi connectivity index (χ3n) is 3.88. The summed E-state index contributed by atoms with van der Waals surface area (Å²) in [7, 11) is 0. The van der Waals surface area contributed by atoms with E-state index in [1.165, 1.54) is 24.8 Å². The van der Waals surface area contributed by atoms with Crippen LogP contribution in [0.2, 0.25) is 0 Å². The topological polar surface area (TPSA) is 124 Å². The monoisotopic (exact) mass is 393 g/mol. The van der Waals surface area contributed by atoms with Gasteiger partial charge in [-0.1, -0.05) is 23.9 Å². The number of carbonyl (C=O) groups is 2. The Morgan fingerprint density at radius 3 is 2.07 bits per heavy atom. The quantitative estimate of drug-likeness (QED) is 0.333. The van der Waals surface area contributed by atoms with Crippen LogP contribution in [0.25, 0.3) is 0 Å². The molecule has 0 saturated heterocycles. The van der Waals surface area contributed by atoms with E-state index < -0.39 is 0 Å². The zero-order valence-electron chi connectivity index (χ0n) is 15.2. The van der Waals surface area contributed by atoms with Gasteiger partial charge in [0.15, 0.2) is 10.9 Å². The zero-order chi connectivity index (χ0) is 20.1. The number of carbonyl (C=O) groups excluding carboxylic acids is 2. The van der Waals surface area contributed by atoms with Gasteiger partial charge in [0.2, 0.25) is 0 Å². The third-order valence-corrected chi connectivity index (χ3v) is 4.80. The summed E-state index contributed by atoms with van der Waals surface area (Å²) >= 11 is 1.41. The maximum atomic E-state index is 12.4. The van der Waals surface area contributed by atoms with E-state index in [-0.39, 0.29) is 11.7 Å². The van der Waals surface area contributed by atoms with Crippen molar-refractivity contribution in [2.75, 3.05) is 16.8 Å². The van der Waals surface area contributed by atoms with Gasteiger partial charge >= 0.3 is 0 Å². The molecule has 0 unspecified atom stereocenters. The lowest BCUT2D eigenvalue weighted by Crippen LogP contribution is -2.11. The highest BCUT2D eigenvalue weighted by molar-refractivity contribution is 7.98. The van der Waals surface area contributed by atoms with E-state index in [1.807, 2.05) is 12.1 Å². The minimum atomic E-state index is -0.221. The number of thioether (sulfide) groups is 1. The van der Waals surface area contributed by atoms with Crippen molar-refractivity contribution in [1.82, 2.24) is 9.97 Å². The molecule has 0 fully saturated rings. The largest absolute Gasteiger partial charge is 0.383 e. The van der Waals surface area contributed by atoms with Crippen molar-refractivity contribution in [2.24, 2.45) is 0 Å². The predicted molar refractivity (Wildman–Crippen MR) is 111 cm³/mol. The van der Waals surface area contributed by atoms with E-state index in [0.29, 0.717) is 39.4 Å². The molecule has 142 valence electrons. The Morgan fingerprint density at radius 2 is 1.50 bits per heavy atom. The summed E-state index contributed by atoms with van der Waals surface area (Å²) in [6.07, 6.45) is 0. The molecule has 0 spiro atoms. The zero-order valence-corrected chi connectivity index (χ0v) is 16.0. The first-order valence-corrected chi connectivity index (χ1v) is 9.43. The Morgan fingerprint density at radius 1 is 0.929 bits per heavy atom. The van der Waals surface area contributed by atoms with Gasteiger partial charge < -0.3 is 16.8 Å². The second kappa shape index (κ2) is 8.53. The molecule has 1 heterocycles. The van der Waals surface area contributed by atoms with Gasteiger partial charge in [0.25, 0.3) is 5.91 Å². The molecule has 5 N–H and O–H groups in total. The molecule has 0 radical (unpaired) electrons. The number of nitrogens with zero attached hydrogens (tertiary/aromatic N) is 2. The van der Waals surface area contributed by atoms with Gasteiger partial charge in [0, 0.05) is 28.6 Å². The smallest absolute Gasteiger partial charge is 0.255 e. The van der Waals surface area contributed by atoms with Crippen LogP contribution in [0.1, 0.15) is 33.2 Å². The van der Waals surface area contributed by atoms with E-state index in [0.717, 1.165) is 5.56 Å². The van der Waals surface area contributed by atoms with E-state index in [2.05, 4.69) is 15.3 Å². The Balaban J connectivity index is 1.60. The molecule has 28 heavy (non-hydrogen) atoms. The summed E-state index contributed by atoms with van der Waals surface area (Å²) in [6, 6.07) is 15.5. The lowest BCUT2D eigenvalue weighted by molar-refractivity contribution is 0.101. The lowest BCUT2D eigenvalue weighted by Gasteiger charge is -2.07. The third kappa shape index (κ3) is 5.08. The summed E-state index contributed by atoms with van der Waals surface area (Å²) in [5.41, 5.74) is 14.1. The standard InChI is InChI=1S/C20H19N5O2S/c1-12(26)14-6-8-16(9-7-14)23-19(27)15-4-2-13(3-5-15)11-28-20-24-17(21)10-18(22)25-20/h2-10H,11H2,1H3,(H,23,27)(H4,21,22,24,25). The number of nitrogens with one attached hydrogen (secondary N) is 1. The van der Waals surface area contributed by atoms with Crippen molar-refractivity contribution in [2.45, 2.75) is 17.8 Å². The van der Waals surface area contributed by atoms with Crippen LogP contribution >= 0.6 is 11.8 Å². The molecule has 0 saturated carbocycles. The van der Waals surface area contributed by atoms with Gasteiger partial charge in [-0.05, 0) is 48.9 Å². The number of hydrogen-bond acceptors (Lipinski definition) is 7. The highest BCUT2D eigenvalue weighted by Gasteiger charge is 2.08. The lowest BCUT2D eigenvalue weighted by atomic mass is 10.1. The fourth-order valence-electron chi connectivity index (χ4n) is 2.42. The first kappa shape index (κ1) is 19.4. The number of hydrogen-bond donors (Lipinski definition) is 3. The fraction of sp³-hybridized carbons (Fsp3) is 0.100. The van der Waals surface area contributed by atoms with Crippen LogP contribution in [0.3, 0.4) is 0 Å². The van der Waals surface area contributed by atoms with Crippen molar-refractivity contribution in [1.29, 1.82) is 0 Å². The van der Waals surface area contributed by atoms with Crippen LogP contribution in [0, 0.1) is 0 Å². The molecule has 0 atom stereocenters. The summed E-state index contributed by atoms with van der Waals surface area (Å²) < 4.78 is 0. The van der Waals surface area contributed by atoms with Gasteiger partial charge in [-0.15, -0.1) is 0 Å². The number of amides is 1. The molecule has 7 nitrogen and oxygen atoms in total. The van der Waals surface area contributed by atoms with Gasteiger partial charge in [-0.25, -0.2) is 9.97 Å². The molecule has 1 amide bonds. The predicted octanol–water partition coefficient (Wildman–Crippen LogP) is 3.39. The SMILES string of the molecule is CC(=O)c1ccc(NC(=O)c2ccc(CSc3nc(N)cc(N)n3)cc2)cc1. The summed E-state index contributed by atoms with van der Waals surface area (Å²) in [4.78, 5) is 31.9. The first-order valence-electron chi connectivity index (χ1n) is 8.45. The van der Waals surface area contributed by atoms with Crippen LogP contribution in [-0.4, -0.2) is 21.7 Å². The number of nitrogens with two attached hydrogens (primary N) is 2. The van der Waals surface area contributed by atoms with E-state index in [4.69, 9.17) is 11.5 Å². The molecule has 0 aliphatic rings. The molecule has 0 bridgehead atoms. The molecule has 0 aliphatic heterocycles. The highest BCUT2D eigenvalue weighted by atomic mass is 32.2. The minimum Gasteiger partial charge on any atom is -0.383 e. The number of benzene rings is 2. The number of aromatic nitrogens is 2. The van der Waals surface area contributed by atoms with Crippen LogP contribution in [0.5, 0.6) is 0 Å². The van der Waals surface area contributed by atoms with Gasteiger partial charge in [-0.3, -0.25) is 9.59 Å². The van der Waals surface area contributed by atoms with Crippen molar-refractivity contribution in [3.63, 3.8) is 0 Å². The summed E-state index contributed by atoms with van der Waals surface area (Å²) in [5, 5.41) is 3.32. The summed E-state index contributed by atoms with van der Waals surface area (Å²) in [5.74, 6) is 1.05. The van der Waals surface area contributed by atoms with Crippen molar-refractivity contribution in [3.05, 3.63) is 71.3 Å². The second-order valence-electron chi connectivity index (χ2n) is 6.07. The molecule has 1 aromatic heterocycles. The van der Waals surface area contributed by atoms with Crippen molar-refractivity contribution >= 4 is 40.8 Å². The number of anilines is 3. The molecule has 3 rings (SSSR count). The molecule has 8 heteroatoms. The average Bonchev–Trinajstić information content (AvgIpc) is 2.66. The minimum absolute atomic E-state index is 0.0161. The molecule has 0 aliphatic carbocycles.